The van der Waals surface area contributed by atoms with Gasteiger partial charge >= 0.3 is 12.1 Å². The quantitative estimate of drug-likeness (QED) is 0.0978. The standard InChI is InChI=1S/C57H71N7O9/c1-36(2)45(34-52(66)71-5)55(68)62-27-7-9-48(62)50(65)33-38-11-13-40(14-12-38)46-24-25-47(64(46)44-22-17-39(18-23-44)42-19-26-51(58-35-42)61-29-31-73-32-30-61)41-15-20-43(21-16-41)59-54(67)49-10-8-28-63(49)56(69)53(37(3)4)60-57(70)72-6/h11-23,26,35-37,45-49,53H,7-10,24-25,27-34H2,1-6H3,(H,59,67)(H,60,70)/t45-,46?,47?,48?,49-,53-/m0/s1. The fourth-order valence-corrected chi connectivity index (χ4v) is 11.0. The van der Waals surface area contributed by atoms with Crippen molar-refractivity contribution in [3.8, 4) is 11.1 Å². The normalized spacial score (nSPS) is 20.8. The minimum absolute atomic E-state index is 0.00529. The molecule has 73 heavy (non-hydrogen) atoms. The van der Waals surface area contributed by atoms with Gasteiger partial charge in [0.15, 0.2) is 5.78 Å². The first-order valence-corrected chi connectivity index (χ1v) is 26.0. The summed E-state index contributed by atoms with van der Waals surface area (Å²) in [5.41, 5.74) is 6.83. The molecule has 5 heterocycles. The molecule has 3 unspecified atom stereocenters. The van der Waals surface area contributed by atoms with Crippen LogP contribution in [0.2, 0.25) is 0 Å². The number of ketones is 1. The highest BCUT2D eigenvalue weighted by molar-refractivity contribution is 5.99. The lowest BCUT2D eigenvalue weighted by Crippen LogP contribution is -2.54. The van der Waals surface area contributed by atoms with Crippen LogP contribution >= 0.6 is 0 Å². The first-order chi connectivity index (χ1) is 35.2. The molecule has 4 amide bonds. The SMILES string of the molecule is COC(=O)C[C@H](C(=O)N1CCCC1C(=O)Cc1ccc(C2CCC(c3ccc(NC(=O)[C@@H]4CCCN4C(=O)[C@@H](NC(=O)OC)C(C)C)cc3)N2c2ccc(-c3ccc(N4CCOCC4)nc3)cc2)cc1)C(C)C. The number of Topliss-reactive ketones (excluding diaryl/α,β-unsaturated/α-hetero) is 1. The third kappa shape index (κ3) is 12.2. The summed E-state index contributed by atoms with van der Waals surface area (Å²) in [5.74, 6) is -1.08. The second kappa shape index (κ2) is 23.8. The molecule has 4 aromatic rings. The minimum Gasteiger partial charge on any atom is -0.469 e. The van der Waals surface area contributed by atoms with Gasteiger partial charge < -0.3 is 44.4 Å². The number of ether oxygens (including phenoxy) is 3. The average Bonchev–Trinajstić information content (AvgIpc) is 4.21. The Morgan fingerprint density at radius 3 is 1.85 bits per heavy atom. The number of alkyl carbamates (subject to hydrolysis) is 1. The maximum atomic E-state index is 13.9. The number of nitrogens with one attached hydrogen (secondary N) is 2. The van der Waals surface area contributed by atoms with Gasteiger partial charge in [-0.05, 0) is 109 Å². The van der Waals surface area contributed by atoms with Crippen LogP contribution in [0, 0.1) is 17.8 Å². The van der Waals surface area contributed by atoms with Crippen molar-refractivity contribution < 1.29 is 43.0 Å². The van der Waals surface area contributed by atoms with E-state index in [4.69, 9.17) is 19.2 Å². The van der Waals surface area contributed by atoms with Crippen molar-refractivity contribution in [2.24, 2.45) is 17.8 Å². The van der Waals surface area contributed by atoms with Crippen molar-refractivity contribution in [1.29, 1.82) is 0 Å². The molecule has 2 N–H and O–H groups in total. The van der Waals surface area contributed by atoms with E-state index in [0.717, 1.165) is 71.7 Å². The highest BCUT2D eigenvalue weighted by atomic mass is 16.5. The Morgan fingerprint density at radius 2 is 1.27 bits per heavy atom. The Labute approximate surface area is 429 Å². The largest absolute Gasteiger partial charge is 0.469 e. The number of carbonyl (C=O) groups is 6. The van der Waals surface area contributed by atoms with Crippen LogP contribution in [0.3, 0.4) is 0 Å². The molecular weight excluding hydrogens is 927 g/mol. The molecule has 3 aromatic carbocycles. The molecule has 0 saturated carbocycles. The summed E-state index contributed by atoms with van der Waals surface area (Å²) in [6.07, 6.45) is 5.67. The molecule has 0 aliphatic carbocycles. The summed E-state index contributed by atoms with van der Waals surface area (Å²) >= 11 is 0. The van der Waals surface area contributed by atoms with E-state index in [0.29, 0.717) is 51.3 Å². The zero-order valence-corrected chi connectivity index (χ0v) is 43.1. The first kappa shape index (κ1) is 52.5. The number of hydrogen-bond donors (Lipinski definition) is 2. The lowest BCUT2D eigenvalue weighted by molar-refractivity contribution is -0.149. The van der Waals surface area contributed by atoms with Crippen LogP contribution in [0.5, 0.6) is 0 Å². The van der Waals surface area contributed by atoms with Crippen molar-refractivity contribution in [3.63, 3.8) is 0 Å². The molecule has 4 aliphatic rings. The topological polar surface area (TPSA) is 180 Å². The van der Waals surface area contributed by atoms with Crippen LogP contribution in [-0.2, 0) is 44.6 Å². The molecule has 0 spiro atoms. The Morgan fingerprint density at radius 1 is 0.671 bits per heavy atom. The summed E-state index contributed by atoms with van der Waals surface area (Å²) in [6.45, 7) is 11.5. The van der Waals surface area contributed by atoms with Gasteiger partial charge in [-0.2, -0.15) is 0 Å². The molecule has 16 heteroatoms. The Balaban J connectivity index is 0.996. The van der Waals surface area contributed by atoms with Crippen LogP contribution in [0.15, 0.2) is 91.1 Å². The predicted octanol–water partition coefficient (Wildman–Crippen LogP) is 7.92. The van der Waals surface area contributed by atoms with Gasteiger partial charge in [-0.15, -0.1) is 0 Å². The number of benzene rings is 3. The lowest BCUT2D eigenvalue weighted by atomic mass is 9.90. The number of pyridine rings is 1. The smallest absolute Gasteiger partial charge is 0.407 e. The Bertz CT molecular complexity index is 2440. The minimum atomic E-state index is -0.822. The molecule has 4 aliphatic heterocycles. The molecule has 16 nitrogen and oxygen atoms in total. The molecule has 4 saturated heterocycles. The van der Waals surface area contributed by atoms with Gasteiger partial charge in [0.05, 0.1) is 57.9 Å². The molecule has 6 atom stereocenters. The third-order valence-electron chi connectivity index (χ3n) is 15.1. The van der Waals surface area contributed by atoms with Crippen LogP contribution in [0.1, 0.15) is 101 Å². The number of anilines is 3. The van der Waals surface area contributed by atoms with Crippen LogP contribution in [-0.4, -0.2) is 122 Å². The van der Waals surface area contributed by atoms with Crippen molar-refractivity contribution in [2.75, 3.05) is 68.7 Å². The van der Waals surface area contributed by atoms with Gasteiger partial charge in [0.2, 0.25) is 17.7 Å². The van der Waals surface area contributed by atoms with Gasteiger partial charge in [-0.3, -0.25) is 24.0 Å². The fraction of sp³-hybridized carbons (Fsp3) is 0.491. The summed E-state index contributed by atoms with van der Waals surface area (Å²) in [4.78, 5) is 92.2. The van der Waals surface area contributed by atoms with E-state index in [2.05, 4.69) is 81.1 Å². The number of likely N-dealkylation sites (tertiary alicyclic amines) is 2. The van der Waals surface area contributed by atoms with Gasteiger partial charge in [-0.25, -0.2) is 9.78 Å². The summed E-state index contributed by atoms with van der Waals surface area (Å²) in [5, 5.41) is 5.70. The predicted molar refractivity (Wildman–Crippen MR) is 279 cm³/mol. The van der Waals surface area contributed by atoms with Crippen LogP contribution in [0.25, 0.3) is 11.1 Å². The number of amides is 4. The number of aromatic nitrogens is 1. The van der Waals surface area contributed by atoms with E-state index >= 15 is 0 Å². The lowest BCUT2D eigenvalue weighted by Gasteiger charge is -2.34. The Hall–Kier alpha value is -6.81. The number of methoxy groups -OCH3 is 2. The van der Waals surface area contributed by atoms with E-state index in [1.165, 1.54) is 14.2 Å². The second-order valence-electron chi connectivity index (χ2n) is 20.4. The molecule has 388 valence electrons. The maximum Gasteiger partial charge on any atom is 0.407 e. The Kier molecular flexibility index (Phi) is 17.1. The molecule has 0 bridgehead atoms. The highest BCUT2D eigenvalue weighted by Gasteiger charge is 2.41. The monoisotopic (exact) mass is 998 g/mol. The van der Waals surface area contributed by atoms with Crippen molar-refractivity contribution in [2.45, 2.75) is 109 Å². The average molecular weight is 998 g/mol. The summed E-state index contributed by atoms with van der Waals surface area (Å²) < 4.78 is 15.2. The van der Waals surface area contributed by atoms with Crippen molar-refractivity contribution >= 4 is 52.8 Å². The first-order valence-electron chi connectivity index (χ1n) is 26.0. The van der Waals surface area contributed by atoms with E-state index in [1.54, 1.807) is 9.80 Å². The van der Waals surface area contributed by atoms with E-state index in [1.807, 2.05) is 58.2 Å². The van der Waals surface area contributed by atoms with Crippen molar-refractivity contribution in [1.82, 2.24) is 20.1 Å². The fourth-order valence-electron chi connectivity index (χ4n) is 11.0. The summed E-state index contributed by atoms with van der Waals surface area (Å²) in [6, 6.07) is 27.0. The number of morpholine rings is 1. The second-order valence-corrected chi connectivity index (χ2v) is 20.4. The van der Waals surface area contributed by atoms with Gasteiger partial charge in [0.1, 0.15) is 17.9 Å². The number of nitrogens with zero attached hydrogens (tertiary/aromatic N) is 5. The third-order valence-corrected chi connectivity index (χ3v) is 15.1. The maximum absolute atomic E-state index is 13.9. The van der Waals surface area contributed by atoms with Gasteiger partial charge in [0.25, 0.3) is 0 Å². The zero-order valence-electron chi connectivity index (χ0n) is 43.1. The molecule has 4 fully saturated rings. The number of esters is 1. The number of rotatable bonds is 17. The van der Waals surface area contributed by atoms with Gasteiger partial charge in [-0.1, -0.05) is 76.2 Å². The molecule has 8 rings (SSSR count). The van der Waals surface area contributed by atoms with Crippen molar-refractivity contribution in [3.05, 3.63) is 108 Å². The number of hydrogen-bond acceptors (Lipinski definition) is 12. The summed E-state index contributed by atoms with van der Waals surface area (Å²) in [7, 11) is 2.58. The molecule has 1 aromatic heterocycles. The van der Waals surface area contributed by atoms with Crippen LogP contribution < -0.4 is 20.4 Å². The highest BCUT2D eigenvalue weighted by Crippen LogP contribution is 2.47. The van der Waals surface area contributed by atoms with E-state index in [-0.39, 0.29) is 60.3 Å². The molecule has 0 radical (unpaired) electrons. The van der Waals surface area contributed by atoms with E-state index < -0.39 is 36.1 Å². The van der Waals surface area contributed by atoms with Gasteiger partial charge in [0, 0.05) is 55.7 Å². The molecular formula is C57H71N7O9. The van der Waals surface area contributed by atoms with E-state index in [9.17, 15) is 28.8 Å². The number of carbonyl (C=O) groups excluding carboxylic acids is 6. The van der Waals surface area contributed by atoms with Crippen LogP contribution in [0.4, 0.5) is 22.0 Å². The zero-order chi connectivity index (χ0) is 51.8.